The van der Waals surface area contributed by atoms with E-state index in [2.05, 4.69) is 10.6 Å². The number of anilines is 2. The zero-order valence-corrected chi connectivity index (χ0v) is 22.9. The Bertz CT molecular complexity index is 1050. The first-order valence-electron chi connectivity index (χ1n) is 12.6. The molecule has 1 atom stereocenters. The number of nitrogens with zero attached hydrogens (tertiary/aromatic N) is 2. The Balaban J connectivity index is 1.77. The molecule has 0 aromatic heterocycles. The van der Waals surface area contributed by atoms with E-state index in [9.17, 15) is 14.4 Å². The van der Waals surface area contributed by atoms with E-state index in [4.69, 9.17) is 15.3 Å². The van der Waals surface area contributed by atoms with Crippen molar-refractivity contribution in [1.29, 1.82) is 0 Å². The van der Waals surface area contributed by atoms with Gasteiger partial charge in [0.25, 0.3) is 5.91 Å². The quantitative estimate of drug-likeness (QED) is 0.286. The molecular weight excluding hydrogens is 481 g/mol. The van der Waals surface area contributed by atoms with Crippen LogP contribution in [-0.2, 0) is 9.47 Å². The zero-order chi connectivity index (χ0) is 27.8. The lowest BCUT2D eigenvalue weighted by atomic mass is 9.90. The fourth-order valence-corrected chi connectivity index (χ4v) is 4.05. The zero-order valence-electron chi connectivity index (χ0n) is 22.9. The summed E-state index contributed by atoms with van der Waals surface area (Å²) in [6, 6.07) is 2.87. The average molecular weight is 522 g/mol. The Kier molecular flexibility index (Phi) is 7.97. The van der Waals surface area contributed by atoms with Crippen LogP contribution >= 0.6 is 0 Å². The number of alkyl carbamates (subject to hydrolysis) is 1. The van der Waals surface area contributed by atoms with E-state index < -0.39 is 35.1 Å². The largest absolute Gasteiger partial charge is 0.444 e. The van der Waals surface area contributed by atoms with Gasteiger partial charge in [-0.25, -0.2) is 19.8 Å². The Morgan fingerprint density at radius 1 is 1.14 bits per heavy atom. The molecule has 1 aliphatic heterocycles. The number of imide groups is 1. The topological polar surface area (TPSA) is 126 Å². The highest BCUT2D eigenvalue weighted by Gasteiger charge is 2.37. The number of amides is 3. The number of halogens is 1. The van der Waals surface area contributed by atoms with Gasteiger partial charge < -0.3 is 25.0 Å². The number of hydrogen-bond donors (Lipinski definition) is 3. The summed E-state index contributed by atoms with van der Waals surface area (Å²) >= 11 is 0. The molecule has 0 bridgehead atoms. The normalized spacial score (nSPS) is 19.9. The highest BCUT2D eigenvalue weighted by Crippen LogP contribution is 2.37. The second-order valence-corrected chi connectivity index (χ2v) is 12.3. The van der Waals surface area contributed by atoms with Gasteiger partial charge in [-0.15, -0.1) is 0 Å². The lowest BCUT2D eigenvalue weighted by molar-refractivity contribution is 0.0239. The molecular formula is C26H40FN5O5. The molecule has 11 heteroatoms. The molecule has 1 aliphatic carbocycles. The van der Waals surface area contributed by atoms with Crippen molar-refractivity contribution in [2.45, 2.75) is 85.0 Å². The van der Waals surface area contributed by atoms with Crippen LogP contribution in [0.5, 0.6) is 0 Å². The van der Waals surface area contributed by atoms with Crippen LogP contribution in [0.1, 0.15) is 78.1 Å². The van der Waals surface area contributed by atoms with Gasteiger partial charge >= 0.3 is 12.2 Å². The molecule has 0 radical (unpaired) electrons. The molecule has 2 aliphatic rings. The molecule has 10 nitrogen and oxygen atoms in total. The smallest absolute Gasteiger partial charge is 0.432 e. The minimum absolute atomic E-state index is 0.0462. The van der Waals surface area contributed by atoms with Crippen LogP contribution in [0.2, 0.25) is 0 Å². The summed E-state index contributed by atoms with van der Waals surface area (Å²) in [5, 5.41) is 6.44. The third-order valence-corrected chi connectivity index (χ3v) is 6.02. The number of nitrogens with two attached hydrogens (primary N) is 1. The van der Waals surface area contributed by atoms with Gasteiger partial charge in [-0.3, -0.25) is 4.79 Å². The van der Waals surface area contributed by atoms with Gasteiger partial charge in [-0.2, -0.15) is 5.01 Å². The van der Waals surface area contributed by atoms with Crippen molar-refractivity contribution < 1.29 is 28.2 Å². The maximum atomic E-state index is 15.4. The van der Waals surface area contributed by atoms with Crippen molar-refractivity contribution in [2.75, 3.05) is 29.9 Å². The standard InChI is InChI=1S/C26H40FN5O5/c1-24(2,3)36-22(34)29-14-26(7)10-11-31(15-26)20-13-19(30-16-8-9-16)17(12-18(20)27)21(33)32(28)23(35)37-25(4,5)6/h12-13,16,30H,8-11,14-15,28H2,1-7H3,(H,29,34). The lowest BCUT2D eigenvalue weighted by Gasteiger charge is -2.28. The van der Waals surface area contributed by atoms with Crippen LogP contribution in [0.4, 0.5) is 25.4 Å². The number of carbonyl (C=O) groups is 3. The lowest BCUT2D eigenvalue weighted by Crippen LogP contribution is -2.45. The number of rotatable bonds is 6. The van der Waals surface area contributed by atoms with Crippen molar-refractivity contribution in [3.63, 3.8) is 0 Å². The number of carbonyl (C=O) groups excluding carboxylic acids is 3. The molecule has 1 aromatic carbocycles. The predicted molar refractivity (Wildman–Crippen MR) is 139 cm³/mol. The Labute approximate surface area is 218 Å². The van der Waals surface area contributed by atoms with Crippen LogP contribution in [0.15, 0.2) is 12.1 Å². The fraction of sp³-hybridized carbons (Fsp3) is 0.654. The van der Waals surface area contributed by atoms with Crippen molar-refractivity contribution >= 4 is 29.5 Å². The summed E-state index contributed by atoms with van der Waals surface area (Å²) in [7, 11) is 0. The Morgan fingerprint density at radius 2 is 1.76 bits per heavy atom. The average Bonchev–Trinajstić information content (AvgIpc) is 3.49. The molecule has 3 amide bonds. The summed E-state index contributed by atoms with van der Waals surface area (Å²) in [4.78, 5) is 39.4. The second kappa shape index (κ2) is 10.4. The molecule has 1 heterocycles. The van der Waals surface area contributed by atoms with Gasteiger partial charge in [0.05, 0.1) is 11.3 Å². The van der Waals surface area contributed by atoms with E-state index in [1.54, 1.807) is 47.6 Å². The van der Waals surface area contributed by atoms with Gasteiger partial charge in [0.1, 0.15) is 17.0 Å². The van der Waals surface area contributed by atoms with E-state index >= 15 is 4.39 Å². The first-order valence-corrected chi connectivity index (χ1v) is 12.6. The van der Waals surface area contributed by atoms with Crippen molar-refractivity contribution in [3.05, 3.63) is 23.5 Å². The summed E-state index contributed by atoms with van der Waals surface area (Å²) in [5.74, 6) is 4.29. The minimum Gasteiger partial charge on any atom is -0.444 e. The Hall–Kier alpha value is -3.08. The van der Waals surface area contributed by atoms with Crippen LogP contribution in [0.25, 0.3) is 0 Å². The molecule has 206 valence electrons. The summed E-state index contributed by atoms with van der Waals surface area (Å²) in [5.41, 5.74) is -1.05. The van der Waals surface area contributed by atoms with E-state index in [1.807, 2.05) is 11.8 Å². The van der Waals surface area contributed by atoms with Gasteiger partial charge in [-0.05, 0) is 72.9 Å². The first kappa shape index (κ1) is 28.5. The van der Waals surface area contributed by atoms with E-state index in [-0.39, 0.29) is 17.0 Å². The number of benzene rings is 1. The van der Waals surface area contributed by atoms with Crippen LogP contribution in [-0.4, -0.2) is 60.0 Å². The number of ether oxygens (including phenoxy) is 2. The third kappa shape index (κ3) is 7.95. The monoisotopic (exact) mass is 521 g/mol. The number of hydrazine groups is 1. The van der Waals surface area contributed by atoms with Gasteiger partial charge in [-0.1, -0.05) is 6.92 Å². The van der Waals surface area contributed by atoms with Crippen LogP contribution in [0, 0.1) is 11.2 Å². The predicted octanol–water partition coefficient (Wildman–Crippen LogP) is 4.39. The number of hydrogen-bond acceptors (Lipinski definition) is 8. The maximum Gasteiger partial charge on any atom is 0.432 e. The van der Waals surface area contributed by atoms with Crippen molar-refractivity contribution in [1.82, 2.24) is 10.3 Å². The summed E-state index contributed by atoms with van der Waals surface area (Å²) < 4.78 is 25.9. The van der Waals surface area contributed by atoms with E-state index in [0.717, 1.165) is 25.3 Å². The summed E-state index contributed by atoms with van der Waals surface area (Å²) in [6.45, 7) is 13.8. The van der Waals surface area contributed by atoms with Crippen LogP contribution in [0.3, 0.4) is 0 Å². The Morgan fingerprint density at radius 3 is 2.32 bits per heavy atom. The molecule has 1 aromatic rings. The summed E-state index contributed by atoms with van der Waals surface area (Å²) in [6.07, 6.45) is 1.07. The molecule has 37 heavy (non-hydrogen) atoms. The SMILES string of the molecule is CC1(CNC(=O)OC(C)(C)C)CCN(c2cc(NC3CC3)c(C(=O)N(N)C(=O)OC(C)(C)C)cc2F)C1. The maximum absolute atomic E-state index is 15.4. The van der Waals surface area contributed by atoms with E-state index in [0.29, 0.717) is 36.0 Å². The first-order chi connectivity index (χ1) is 17.0. The molecule has 0 spiro atoms. The number of nitrogens with one attached hydrogen (secondary N) is 2. The van der Waals surface area contributed by atoms with Gasteiger partial charge in [0.15, 0.2) is 0 Å². The molecule has 3 rings (SSSR count). The van der Waals surface area contributed by atoms with Crippen molar-refractivity contribution in [3.8, 4) is 0 Å². The highest BCUT2D eigenvalue weighted by atomic mass is 19.1. The second-order valence-electron chi connectivity index (χ2n) is 12.3. The molecule has 4 N–H and O–H groups in total. The fourth-order valence-electron chi connectivity index (χ4n) is 4.05. The molecule has 1 unspecified atom stereocenters. The van der Waals surface area contributed by atoms with E-state index in [1.165, 1.54) is 0 Å². The van der Waals surface area contributed by atoms with Gasteiger partial charge in [0.2, 0.25) is 0 Å². The minimum atomic E-state index is -1.02. The van der Waals surface area contributed by atoms with Gasteiger partial charge in [0, 0.05) is 36.8 Å². The molecule has 2 fully saturated rings. The van der Waals surface area contributed by atoms with Crippen molar-refractivity contribution in [2.24, 2.45) is 11.3 Å². The van der Waals surface area contributed by atoms with Crippen LogP contribution < -0.4 is 21.4 Å². The highest BCUT2D eigenvalue weighted by molar-refractivity contribution is 6.06. The molecule has 1 saturated carbocycles. The third-order valence-electron chi connectivity index (χ3n) is 6.02. The molecule has 1 saturated heterocycles.